The van der Waals surface area contributed by atoms with E-state index < -0.39 is 6.10 Å². The maximum atomic E-state index is 9.29. The van der Waals surface area contributed by atoms with E-state index in [1.165, 1.54) is 0 Å². The molecule has 88 valence electrons. The smallest absolute Gasteiger partial charge is 0.124 e. The van der Waals surface area contributed by atoms with Crippen LogP contribution in [0, 0.1) is 0 Å². The zero-order valence-corrected chi connectivity index (χ0v) is 9.10. The molecule has 1 aromatic carbocycles. The number of hydrogen-bond donors (Lipinski definition) is 3. The van der Waals surface area contributed by atoms with Crippen molar-refractivity contribution in [3.8, 4) is 5.75 Å². The molecule has 1 aliphatic heterocycles. The van der Waals surface area contributed by atoms with Crippen molar-refractivity contribution >= 4 is 0 Å². The Hall–Kier alpha value is -1.10. The Labute approximate surface area is 94.9 Å². The lowest BCUT2D eigenvalue weighted by molar-refractivity contribution is 0.0898. The third kappa shape index (κ3) is 2.52. The predicted octanol–water partition coefficient (Wildman–Crippen LogP) is 0.453. The summed E-state index contributed by atoms with van der Waals surface area (Å²) in [4.78, 5) is 0. The molecule has 0 saturated carbocycles. The van der Waals surface area contributed by atoms with Gasteiger partial charge in [-0.15, -0.1) is 0 Å². The minimum atomic E-state index is -0.699. The number of aliphatic hydroxyl groups excluding tert-OH is 2. The van der Waals surface area contributed by atoms with Crippen LogP contribution in [0.1, 0.15) is 18.0 Å². The molecule has 0 bridgehead atoms. The lowest BCUT2D eigenvalue weighted by Gasteiger charge is -2.27. The summed E-state index contributed by atoms with van der Waals surface area (Å²) in [5.41, 5.74) is 1.12. The molecule has 2 atom stereocenters. The molecule has 0 radical (unpaired) electrons. The Bertz CT molecular complexity index is 343. The van der Waals surface area contributed by atoms with Crippen LogP contribution in [-0.4, -0.2) is 36.1 Å². The van der Waals surface area contributed by atoms with E-state index in [2.05, 4.69) is 5.32 Å². The minimum Gasteiger partial charge on any atom is -0.493 e. The molecule has 0 aliphatic carbocycles. The van der Waals surface area contributed by atoms with Gasteiger partial charge in [0, 0.05) is 24.6 Å². The summed E-state index contributed by atoms with van der Waals surface area (Å²) in [7, 11) is 0. The van der Waals surface area contributed by atoms with Gasteiger partial charge in [0.15, 0.2) is 0 Å². The van der Waals surface area contributed by atoms with Crippen LogP contribution >= 0.6 is 0 Å². The van der Waals surface area contributed by atoms with Crippen LogP contribution in [0.5, 0.6) is 5.75 Å². The van der Waals surface area contributed by atoms with Gasteiger partial charge in [0.2, 0.25) is 0 Å². The van der Waals surface area contributed by atoms with Gasteiger partial charge >= 0.3 is 0 Å². The molecule has 0 fully saturated rings. The van der Waals surface area contributed by atoms with Gasteiger partial charge in [0.05, 0.1) is 19.3 Å². The van der Waals surface area contributed by atoms with Gasteiger partial charge in [-0.25, -0.2) is 0 Å². The number of hydrogen-bond acceptors (Lipinski definition) is 4. The molecule has 1 aliphatic rings. The van der Waals surface area contributed by atoms with Gasteiger partial charge in [-0.05, 0) is 6.07 Å². The molecule has 4 nitrogen and oxygen atoms in total. The van der Waals surface area contributed by atoms with Crippen molar-refractivity contribution in [2.75, 3.05) is 19.8 Å². The summed E-state index contributed by atoms with van der Waals surface area (Å²) in [6.07, 6.45) is 0.185. The Kier molecular flexibility index (Phi) is 3.77. The second kappa shape index (κ2) is 5.30. The molecule has 2 unspecified atom stereocenters. The van der Waals surface area contributed by atoms with Crippen LogP contribution in [-0.2, 0) is 0 Å². The van der Waals surface area contributed by atoms with Crippen LogP contribution in [0.2, 0.25) is 0 Å². The first-order valence-corrected chi connectivity index (χ1v) is 5.55. The number of aliphatic hydroxyl groups is 2. The van der Waals surface area contributed by atoms with Gasteiger partial charge in [0.25, 0.3) is 0 Å². The van der Waals surface area contributed by atoms with E-state index in [-0.39, 0.29) is 12.6 Å². The monoisotopic (exact) mass is 223 g/mol. The van der Waals surface area contributed by atoms with Gasteiger partial charge in [0.1, 0.15) is 5.75 Å². The zero-order chi connectivity index (χ0) is 11.4. The minimum absolute atomic E-state index is 0.200. The van der Waals surface area contributed by atoms with E-state index in [0.29, 0.717) is 13.2 Å². The number of nitrogens with one attached hydrogen (secondary N) is 1. The third-order valence-electron chi connectivity index (χ3n) is 2.77. The fourth-order valence-corrected chi connectivity index (χ4v) is 1.90. The average molecular weight is 223 g/mol. The van der Waals surface area contributed by atoms with E-state index >= 15 is 0 Å². The number of rotatable bonds is 4. The van der Waals surface area contributed by atoms with Gasteiger partial charge in [-0.3, -0.25) is 0 Å². The fraction of sp³-hybridized carbons (Fsp3) is 0.500. The average Bonchev–Trinajstić information content (AvgIpc) is 2.35. The van der Waals surface area contributed by atoms with Crippen molar-refractivity contribution in [2.24, 2.45) is 0 Å². The van der Waals surface area contributed by atoms with Crippen molar-refractivity contribution in [1.82, 2.24) is 5.32 Å². The Balaban J connectivity index is 2.01. The first kappa shape index (κ1) is 11.4. The van der Waals surface area contributed by atoms with Gasteiger partial charge < -0.3 is 20.3 Å². The largest absolute Gasteiger partial charge is 0.493 e. The quantitative estimate of drug-likeness (QED) is 0.693. The Morgan fingerprint density at radius 2 is 2.25 bits per heavy atom. The lowest BCUT2D eigenvalue weighted by atomic mass is 10.0. The molecule has 0 aromatic heterocycles. The highest BCUT2D eigenvalue weighted by Crippen LogP contribution is 2.31. The standard InChI is InChI=1S/C12H17NO3/c14-8-9(15)7-13-11-5-6-16-12-4-2-1-3-10(11)12/h1-4,9,11,13-15H,5-8H2. The van der Waals surface area contributed by atoms with E-state index in [1.54, 1.807) is 0 Å². The highest BCUT2D eigenvalue weighted by atomic mass is 16.5. The Morgan fingerprint density at radius 3 is 3.06 bits per heavy atom. The van der Waals surface area contributed by atoms with Crippen molar-refractivity contribution < 1.29 is 14.9 Å². The second-order valence-corrected chi connectivity index (χ2v) is 3.97. The maximum absolute atomic E-state index is 9.29. The third-order valence-corrected chi connectivity index (χ3v) is 2.77. The van der Waals surface area contributed by atoms with Gasteiger partial charge in [-0.1, -0.05) is 18.2 Å². The predicted molar refractivity (Wildman–Crippen MR) is 60.4 cm³/mol. The van der Waals surface area contributed by atoms with E-state index in [0.717, 1.165) is 17.7 Å². The maximum Gasteiger partial charge on any atom is 0.124 e. The van der Waals surface area contributed by atoms with E-state index in [9.17, 15) is 5.11 Å². The van der Waals surface area contributed by atoms with Crippen LogP contribution < -0.4 is 10.1 Å². The first-order chi connectivity index (χ1) is 7.81. The highest BCUT2D eigenvalue weighted by Gasteiger charge is 2.20. The number of benzene rings is 1. The fourth-order valence-electron chi connectivity index (χ4n) is 1.90. The van der Waals surface area contributed by atoms with Crippen molar-refractivity contribution in [1.29, 1.82) is 0 Å². The molecule has 16 heavy (non-hydrogen) atoms. The molecule has 4 heteroatoms. The first-order valence-electron chi connectivity index (χ1n) is 5.55. The van der Waals surface area contributed by atoms with Crippen LogP contribution in [0.25, 0.3) is 0 Å². The highest BCUT2D eigenvalue weighted by molar-refractivity contribution is 5.37. The molecule has 0 amide bonds. The van der Waals surface area contributed by atoms with E-state index in [1.807, 2.05) is 24.3 Å². The van der Waals surface area contributed by atoms with Crippen LogP contribution in [0.3, 0.4) is 0 Å². The van der Waals surface area contributed by atoms with Gasteiger partial charge in [-0.2, -0.15) is 0 Å². The Morgan fingerprint density at radius 1 is 1.44 bits per heavy atom. The van der Waals surface area contributed by atoms with E-state index in [4.69, 9.17) is 9.84 Å². The summed E-state index contributed by atoms with van der Waals surface area (Å²) >= 11 is 0. The zero-order valence-electron chi connectivity index (χ0n) is 9.10. The summed E-state index contributed by atoms with van der Waals surface area (Å²) in [6.45, 7) is 0.872. The van der Waals surface area contributed by atoms with Crippen molar-refractivity contribution in [2.45, 2.75) is 18.6 Å². The molecule has 1 aromatic rings. The number of fused-ring (bicyclic) bond motifs is 1. The molecule has 3 N–H and O–H groups in total. The summed E-state index contributed by atoms with van der Waals surface area (Å²) in [5, 5.41) is 21.3. The molecule has 0 spiro atoms. The molecule has 1 heterocycles. The second-order valence-electron chi connectivity index (χ2n) is 3.97. The van der Waals surface area contributed by atoms with Crippen LogP contribution in [0.15, 0.2) is 24.3 Å². The number of ether oxygens (including phenoxy) is 1. The lowest BCUT2D eigenvalue weighted by Crippen LogP contribution is -2.34. The molecular weight excluding hydrogens is 206 g/mol. The van der Waals surface area contributed by atoms with Crippen molar-refractivity contribution in [3.63, 3.8) is 0 Å². The SMILES string of the molecule is OCC(O)CNC1CCOc2ccccc21. The molecular formula is C12H17NO3. The summed E-state index contributed by atoms with van der Waals surface area (Å²) in [5.74, 6) is 0.907. The summed E-state index contributed by atoms with van der Waals surface area (Å²) < 4.78 is 5.53. The van der Waals surface area contributed by atoms with Crippen molar-refractivity contribution in [3.05, 3.63) is 29.8 Å². The van der Waals surface area contributed by atoms with Crippen LogP contribution in [0.4, 0.5) is 0 Å². The number of para-hydroxylation sites is 1. The molecule has 2 rings (SSSR count). The molecule has 0 saturated heterocycles. The summed E-state index contributed by atoms with van der Waals surface area (Å²) in [6, 6.07) is 8.10. The topological polar surface area (TPSA) is 61.7 Å². The normalized spacial score (nSPS) is 21.0.